The maximum absolute atomic E-state index is 8.95. The molecule has 70 valence electrons. The number of hydrogen-bond donors (Lipinski definition) is 0. The van der Waals surface area contributed by atoms with Gasteiger partial charge in [0.15, 0.2) is 0 Å². The summed E-state index contributed by atoms with van der Waals surface area (Å²) in [7, 11) is 1.31. The monoisotopic (exact) mass is 179 g/mol. The molecule has 0 fully saturated rings. The van der Waals surface area contributed by atoms with E-state index in [-0.39, 0.29) is 0 Å². The molecule has 0 amide bonds. The van der Waals surface area contributed by atoms with E-state index in [2.05, 4.69) is 16.3 Å². The third kappa shape index (κ3) is 4.74. The van der Waals surface area contributed by atoms with Crippen molar-refractivity contribution in [1.82, 2.24) is 4.98 Å². The molecule has 0 unspecified atom stereocenters. The van der Waals surface area contributed by atoms with Crippen molar-refractivity contribution in [3.63, 3.8) is 0 Å². The first-order valence-corrected chi connectivity index (χ1v) is 3.76. The molecule has 3 heteroatoms. The Bertz CT molecular complexity index is 271. The van der Waals surface area contributed by atoms with E-state index in [4.69, 9.17) is 4.79 Å². The highest BCUT2D eigenvalue weighted by molar-refractivity contribution is 5.48. The van der Waals surface area contributed by atoms with Gasteiger partial charge >= 0.3 is 0 Å². The Morgan fingerprint density at radius 3 is 2.54 bits per heavy atom. The quantitative estimate of drug-likeness (QED) is 0.650. The Morgan fingerprint density at radius 1 is 1.62 bits per heavy atom. The lowest BCUT2D eigenvalue weighted by atomic mass is 10.2. The number of aromatic nitrogens is 1. The second-order valence-electron chi connectivity index (χ2n) is 2.21. The van der Waals surface area contributed by atoms with Gasteiger partial charge in [0.05, 0.1) is 7.11 Å². The van der Waals surface area contributed by atoms with E-state index in [1.165, 1.54) is 7.11 Å². The maximum Gasteiger partial charge on any atom is 0.292 e. The molecule has 0 spiro atoms. The van der Waals surface area contributed by atoms with Crippen molar-refractivity contribution < 1.29 is 9.53 Å². The molecular formula is C10H13NO2. The average Bonchev–Trinajstić information content (AvgIpc) is 2.19. The molecule has 0 aliphatic heterocycles. The summed E-state index contributed by atoms with van der Waals surface area (Å²) < 4.78 is 3.86. The molecule has 0 aliphatic rings. The largest absolute Gasteiger partial charge is 0.471 e. The third-order valence-corrected chi connectivity index (χ3v) is 1.36. The zero-order chi connectivity index (χ0) is 10.1. The zero-order valence-corrected chi connectivity index (χ0v) is 7.86. The van der Waals surface area contributed by atoms with Crippen molar-refractivity contribution in [2.45, 2.75) is 6.92 Å². The van der Waals surface area contributed by atoms with Crippen LogP contribution in [0.5, 0.6) is 0 Å². The standard InChI is InChI=1S/C8H9N.C2H4O2/c1-3-8-5-4-6-9-7(8)2;1-4-2-3/h3-6H,1H2,2H3;2H,1H3. The number of rotatable bonds is 2. The van der Waals surface area contributed by atoms with E-state index in [0.717, 1.165) is 11.3 Å². The van der Waals surface area contributed by atoms with Crippen LogP contribution in [0.4, 0.5) is 0 Å². The van der Waals surface area contributed by atoms with E-state index < -0.39 is 0 Å². The van der Waals surface area contributed by atoms with Gasteiger partial charge in [0, 0.05) is 11.9 Å². The lowest BCUT2D eigenvalue weighted by molar-refractivity contribution is -0.126. The first-order chi connectivity index (χ1) is 6.26. The molecule has 1 heterocycles. The molecule has 1 aromatic heterocycles. The summed E-state index contributed by atoms with van der Waals surface area (Å²) >= 11 is 0. The van der Waals surface area contributed by atoms with Crippen LogP contribution in [-0.2, 0) is 9.53 Å². The normalized spacial score (nSPS) is 7.85. The molecule has 0 N–H and O–H groups in total. The number of hydrogen-bond acceptors (Lipinski definition) is 3. The molecule has 1 rings (SSSR count). The minimum atomic E-state index is 0.375. The van der Waals surface area contributed by atoms with Crippen LogP contribution < -0.4 is 0 Å². The van der Waals surface area contributed by atoms with E-state index >= 15 is 0 Å². The second kappa shape index (κ2) is 7.03. The topological polar surface area (TPSA) is 39.2 Å². The summed E-state index contributed by atoms with van der Waals surface area (Å²) in [6, 6.07) is 3.90. The molecule has 0 saturated carbocycles. The number of pyridine rings is 1. The Balaban J connectivity index is 0.000000310. The van der Waals surface area contributed by atoms with Crippen molar-refractivity contribution >= 4 is 12.5 Å². The van der Waals surface area contributed by atoms with Gasteiger partial charge in [-0.1, -0.05) is 18.7 Å². The van der Waals surface area contributed by atoms with Crippen LogP contribution in [0.3, 0.4) is 0 Å². The summed E-state index contributed by atoms with van der Waals surface area (Å²) in [6.07, 6.45) is 3.59. The van der Waals surface area contributed by atoms with Gasteiger partial charge in [0.25, 0.3) is 6.47 Å². The van der Waals surface area contributed by atoms with Crippen molar-refractivity contribution in [3.8, 4) is 0 Å². The fraction of sp³-hybridized carbons (Fsp3) is 0.200. The predicted molar refractivity (Wildman–Crippen MR) is 52.1 cm³/mol. The van der Waals surface area contributed by atoms with E-state index in [0.29, 0.717) is 6.47 Å². The van der Waals surface area contributed by atoms with Crippen LogP contribution in [-0.4, -0.2) is 18.6 Å². The molecule has 3 nitrogen and oxygen atoms in total. The fourth-order valence-electron chi connectivity index (χ4n) is 0.712. The second-order valence-corrected chi connectivity index (χ2v) is 2.21. The Kier molecular flexibility index (Phi) is 6.15. The highest BCUT2D eigenvalue weighted by atomic mass is 16.5. The Hall–Kier alpha value is -1.64. The van der Waals surface area contributed by atoms with Crippen molar-refractivity contribution in [2.75, 3.05) is 7.11 Å². The summed E-state index contributed by atoms with van der Waals surface area (Å²) in [5.41, 5.74) is 2.14. The number of nitrogens with zero attached hydrogens (tertiary/aromatic N) is 1. The van der Waals surface area contributed by atoms with E-state index in [1.807, 2.05) is 25.1 Å². The highest BCUT2D eigenvalue weighted by Crippen LogP contribution is 2.03. The highest BCUT2D eigenvalue weighted by Gasteiger charge is 1.88. The van der Waals surface area contributed by atoms with Gasteiger partial charge < -0.3 is 4.74 Å². The van der Waals surface area contributed by atoms with Crippen molar-refractivity contribution in [1.29, 1.82) is 0 Å². The minimum absolute atomic E-state index is 0.375. The van der Waals surface area contributed by atoms with Crippen LogP contribution in [0.25, 0.3) is 6.08 Å². The molecule has 13 heavy (non-hydrogen) atoms. The molecule has 0 atom stereocenters. The van der Waals surface area contributed by atoms with Gasteiger partial charge in [0.1, 0.15) is 0 Å². The summed E-state index contributed by atoms with van der Waals surface area (Å²) in [5, 5.41) is 0. The summed E-state index contributed by atoms with van der Waals surface area (Å²) in [5.74, 6) is 0. The third-order valence-electron chi connectivity index (χ3n) is 1.36. The van der Waals surface area contributed by atoms with E-state index in [9.17, 15) is 0 Å². The number of ether oxygens (including phenoxy) is 1. The summed E-state index contributed by atoms with van der Waals surface area (Å²) in [4.78, 5) is 13.0. The maximum atomic E-state index is 8.95. The Morgan fingerprint density at radius 2 is 2.23 bits per heavy atom. The number of methoxy groups -OCH3 is 1. The van der Waals surface area contributed by atoms with Gasteiger partial charge in [-0.3, -0.25) is 9.78 Å². The van der Waals surface area contributed by atoms with Crippen LogP contribution in [0.1, 0.15) is 11.3 Å². The molecule has 0 aliphatic carbocycles. The first kappa shape index (κ1) is 11.4. The first-order valence-electron chi connectivity index (χ1n) is 3.76. The van der Waals surface area contributed by atoms with Crippen LogP contribution in [0.2, 0.25) is 0 Å². The van der Waals surface area contributed by atoms with Crippen LogP contribution in [0.15, 0.2) is 24.9 Å². The predicted octanol–water partition coefficient (Wildman–Crippen LogP) is 1.82. The fourth-order valence-corrected chi connectivity index (χ4v) is 0.712. The van der Waals surface area contributed by atoms with Gasteiger partial charge in [-0.15, -0.1) is 0 Å². The SMILES string of the molecule is C=Cc1cccnc1C.COC=O. The molecule has 1 aromatic rings. The number of carbonyl (C=O) groups excluding carboxylic acids is 1. The molecular weight excluding hydrogens is 166 g/mol. The minimum Gasteiger partial charge on any atom is -0.471 e. The van der Waals surface area contributed by atoms with E-state index in [1.54, 1.807) is 6.20 Å². The van der Waals surface area contributed by atoms with Crippen LogP contribution in [0, 0.1) is 6.92 Å². The molecule has 0 aromatic carbocycles. The number of aryl methyl sites for hydroxylation is 1. The summed E-state index contributed by atoms with van der Waals surface area (Å²) in [6.45, 7) is 6.00. The van der Waals surface area contributed by atoms with Crippen LogP contribution >= 0.6 is 0 Å². The lowest BCUT2D eigenvalue weighted by Gasteiger charge is -1.94. The van der Waals surface area contributed by atoms with Crippen molar-refractivity contribution in [2.24, 2.45) is 0 Å². The van der Waals surface area contributed by atoms with Gasteiger partial charge in [0.2, 0.25) is 0 Å². The van der Waals surface area contributed by atoms with Gasteiger partial charge in [-0.2, -0.15) is 0 Å². The number of carbonyl (C=O) groups is 1. The average molecular weight is 179 g/mol. The van der Waals surface area contributed by atoms with Gasteiger partial charge in [-0.25, -0.2) is 0 Å². The van der Waals surface area contributed by atoms with Gasteiger partial charge in [-0.05, 0) is 18.6 Å². The zero-order valence-electron chi connectivity index (χ0n) is 7.86. The smallest absolute Gasteiger partial charge is 0.292 e. The lowest BCUT2D eigenvalue weighted by Crippen LogP contribution is -1.82. The Labute approximate surface area is 78.1 Å². The van der Waals surface area contributed by atoms with Crippen molar-refractivity contribution in [3.05, 3.63) is 36.2 Å². The molecule has 0 radical (unpaired) electrons. The molecule has 0 bridgehead atoms. The molecule has 0 saturated heterocycles.